The molecule has 30 heavy (non-hydrogen) atoms. The maximum absolute atomic E-state index is 13.7. The number of nitrogens with zero attached hydrogens (tertiary/aromatic N) is 3. The summed E-state index contributed by atoms with van der Waals surface area (Å²) in [6, 6.07) is 0.908. The Morgan fingerprint density at radius 1 is 1.13 bits per heavy atom. The van der Waals surface area contributed by atoms with Crippen molar-refractivity contribution in [3.63, 3.8) is 0 Å². The van der Waals surface area contributed by atoms with Crippen molar-refractivity contribution < 1.29 is 23.1 Å². The highest BCUT2D eigenvalue weighted by atomic mass is 19.3. The summed E-state index contributed by atoms with van der Waals surface area (Å²) in [7, 11) is 0. The van der Waals surface area contributed by atoms with Gasteiger partial charge in [-0.2, -0.15) is 0 Å². The van der Waals surface area contributed by atoms with Crippen molar-refractivity contribution in [1.29, 1.82) is 0 Å². The van der Waals surface area contributed by atoms with Gasteiger partial charge in [0.05, 0.1) is 13.2 Å². The van der Waals surface area contributed by atoms with Crippen molar-refractivity contribution in [2.45, 2.75) is 76.4 Å². The lowest BCUT2D eigenvalue weighted by atomic mass is 9.64. The topological polar surface area (TPSA) is 79.1 Å². The molecule has 1 atom stereocenters. The SMILES string of the molecule is CCOC(=O)N1CCC2(CC(N3CCC(N4CC(F)(F)CC4C)CC3)C2)C1.NC=O. The monoisotopic (exact) mass is 430 g/mol. The van der Waals surface area contributed by atoms with E-state index in [1.807, 2.05) is 23.6 Å². The van der Waals surface area contributed by atoms with Gasteiger partial charge in [0, 0.05) is 37.6 Å². The summed E-state index contributed by atoms with van der Waals surface area (Å²) in [5, 5.41) is 0. The van der Waals surface area contributed by atoms with Crippen LogP contribution in [0, 0.1) is 5.41 Å². The Balaban J connectivity index is 0.000000806. The lowest BCUT2D eigenvalue weighted by Gasteiger charge is -2.52. The van der Waals surface area contributed by atoms with E-state index in [1.165, 1.54) is 0 Å². The van der Waals surface area contributed by atoms with Gasteiger partial charge in [0.25, 0.3) is 5.92 Å². The molecule has 1 unspecified atom stereocenters. The number of alkyl halides is 2. The molecule has 4 fully saturated rings. The summed E-state index contributed by atoms with van der Waals surface area (Å²) in [4.78, 5) is 27.0. The van der Waals surface area contributed by atoms with Gasteiger partial charge in [-0.1, -0.05) is 0 Å². The molecule has 3 aliphatic heterocycles. The summed E-state index contributed by atoms with van der Waals surface area (Å²) >= 11 is 0. The molecule has 3 saturated heterocycles. The number of carbonyl (C=O) groups is 2. The first-order valence-corrected chi connectivity index (χ1v) is 11.2. The van der Waals surface area contributed by atoms with Crippen LogP contribution in [0.5, 0.6) is 0 Å². The average molecular weight is 431 g/mol. The van der Waals surface area contributed by atoms with Crippen molar-refractivity contribution in [1.82, 2.24) is 14.7 Å². The van der Waals surface area contributed by atoms with Crippen molar-refractivity contribution in [3.8, 4) is 0 Å². The number of piperidine rings is 1. The van der Waals surface area contributed by atoms with Crippen LogP contribution in [0.15, 0.2) is 0 Å². The fourth-order valence-corrected chi connectivity index (χ4v) is 5.95. The van der Waals surface area contributed by atoms with Gasteiger partial charge >= 0.3 is 6.09 Å². The molecule has 1 saturated carbocycles. The molecule has 0 radical (unpaired) electrons. The van der Waals surface area contributed by atoms with E-state index in [-0.39, 0.29) is 31.5 Å². The predicted octanol–water partition coefficient (Wildman–Crippen LogP) is 2.29. The molecule has 2 N–H and O–H groups in total. The first-order valence-electron chi connectivity index (χ1n) is 11.2. The number of hydrogen-bond acceptors (Lipinski definition) is 5. The molecule has 4 aliphatic rings. The van der Waals surface area contributed by atoms with Gasteiger partial charge in [0.15, 0.2) is 0 Å². The van der Waals surface area contributed by atoms with E-state index < -0.39 is 5.92 Å². The fourth-order valence-electron chi connectivity index (χ4n) is 5.95. The third-order valence-electron chi connectivity index (χ3n) is 7.36. The lowest BCUT2D eigenvalue weighted by molar-refractivity contribution is -0.106. The molecule has 3 heterocycles. The van der Waals surface area contributed by atoms with Crippen LogP contribution in [-0.4, -0.2) is 90.6 Å². The van der Waals surface area contributed by atoms with Crippen molar-refractivity contribution >= 4 is 12.5 Å². The lowest BCUT2D eigenvalue weighted by Crippen LogP contribution is -2.56. The first-order chi connectivity index (χ1) is 14.2. The largest absolute Gasteiger partial charge is 0.450 e. The zero-order valence-corrected chi connectivity index (χ0v) is 18.2. The first kappa shape index (κ1) is 23.2. The Morgan fingerprint density at radius 3 is 2.30 bits per heavy atom. The van der Waals surface area contributed by atoms with Gasteiger partial charge in [-0.05, 0) is 64.5 Å². The molecule has 4 rings (SSSR count). The van der Waals surface area contributed by atoms with Gasteiger partial charge in [0.2, 0.25) is 6.41 Å². The third-order valence-corrected chi connectivity index (χ3v) is 7.36. The number of halogens is 2. The second-order valence-electron chi connectivity index (χ2n) is 9.42. The van der Waals surface area contributed by atoms with Gasteiger partial charge in [-0.25, -0.2) is 13.6 Å². The smallest absolute Gasteiger partial charge is 0.409 e. The van der Waals surface area contributed by atoms with Gasteiger partial charge < -0.3 is 20.3 Å². The standard InChI is InChI=1S/C20H33F2N3O2.CH3NO/c1-3-27-18(26)24-9-6-19(13-24)11-17(12-19)23-7-4-16(5-8-23)25-14-20(21,22)10-15(25)2;2-1-3/h15-17H,3-14H2,1-2H3;1H,(H2,2,3). The van der Waals surface area contributed by atoms with Gasteiger partial charge in [0.1, 0.15) is 0 Å². The number of rotatable bonds is 3. The van der Waals surface area contributed by atoms with Crippen LogP contribution in [-0.2, 0) is 9.53 Å². The highest BCUT2D eigenvalue weighted by Gasteiger charge is 2.52. The molecule has 9 heteroatoms. The van der Waals surface area contributed by atoms with Crippen LogP contribution in [0.3, 0.4) is 0 Å². The minimum atomic E-state index is -2.51. The van der Waals surface area contributed by atoms with Crippen molar-refractivity contribution in [3.05, 3.63) is 0 Å². The molecule has 1 aliphatic carbocycles. The van der Waals surface area contributed by atoms with Crippen LogP contribution >= 0.6 is 0 Å². The highest BCUT2D eigenvalue weighted by molar-refractivity contribution is 5.68. The summed E-state index contributed by atoms with van der Waals surface area (Å²) in [6.07, 6.45) is 5.49. The fraction of sp³-hybridized carbons (Fsp3) is 0.905. The zero-order valence-electron chi connectivity index (χ0n) is 18.2. The molecule has 172 valence electrons. The summed E-state index contributed by atoms with van der Waals surface area (Å²) < 4.78 is 32.5. The van der Waals surface area contributed by atoms with Crippen LogP contribution in [0.2, 0.25) is 0 Å². The quantitative estimate of drug-likeness (QED) is 0.695. The predicted molar refractivity (Wildman–Crippen MR) is 109 cm³/mol. The van der Waals surface area contributed by atoms with E-state index >= 15 is 0 Å². The van der Waals surface area contributed by atoms with E-state index in [1.54, 1.807) is 0 Å². The number of carbonyl (C=O) groups excluding carboxylic acids is 2. The van der Waals surface area contributed by atoms with E-state index in [0.29, 0.717) is 24.1 Å². The summed E-state index contributed by atoms with van der Waals surface area (Å²) in [5.74, 6) is -2.51. The molecule has 0 aromatic rings. The number of amides is 2. The van der Waals surface area contributed by atoms with Crippen LogP contribution in [0.25, 0.3) is 0 Å². The Labute approximate surface area is 177 Å². The highest BCUT2D eigenvalue weighted by Crippen LogP contribution is 2.50. The normalized spacial score (nSPS) is 34.3. The Bertz CT molecular complexity index is 607. The molecule has 1 spiro atoms. The second kappa shape index (κ2) is 9.34. The molecule has 0 aromatic carbocycles. The number of ether oxygens (including phenoxy) is 1. The van der Waals surface area contributed by atoms with E-state index in [2.05, 4.69) is 10.6 Å². The maximum atomic E-state index is 13.7. The zero-order chi connectivity index (χ0) is 21.9. The number of hydrogen-bond donors (Lipinski definition) is 1. The number of likely N-dealkylation sites (tertiary alicyclic amines) is 3. The van der Waals surface area contributed by atoms with Crippen LogP contribution in [0.4, 0.5) is 13.6 Å². The molecule has 0 aromatic heterocycles. The molecule has 0 bridgehead atoms. The van der Waals surface area contributed by atoms with Crippen molar-refractivity contribution in [2.75, 3.05) is 39.3 Å². The summed E-state index contributed by atoms with van der Waals surface area (Å²) in [6.45, 7) is 7.84. The van der Waals surface area contributed by atoms with Gasteiger partial charge in [-0.3, -0.25) is 9.69 Å². The second-order valence-corrected chi connectivity index (χ2v) is 9.42. The van der Waals surface area contributed by atoms with E-state index in [0.717, 1.165) is 58.3 Å². The maximum Gasteiger partial charge on any atom is 0.409 e. The van der Waals surface area contributed by atoms with Gasteiger partial charge in [-0.15, -0.1) is 0 Å². The van der Waals surface area contributed by atoms with E-state index in [9.17, 15) is 13.6 Å². The molecule has 7 nitrogen and oxygen atoms in total. The Hall–Kier alpha value is -1.48. The van der Waals surface area contributed by atoms with Crippen LogP contribution < -0.4 is 5.73 Å². The average Bonchev–Trinajstić information content (AvgIpc) is 3.22. The number of nitrogens with two attached hydrogens (primary N) is 1. The minimum Gasteiger partial charge on any atom is -0.450 e. The molecular formula is C21H36F2N4O3. The Kier molecular flexibility index (Phi) is 7.22. The minimum absolute atomic E-state index is 0.00382. The molecule has 2 amide bonds. The third kappa shape index (κ3) is 5.04. The number of primary amides is 1. The summed E-state index contributed by atoms with van der Waals surface area (Å²) in [5.41, 5.74) is 4.46. The molecular weight excluding hydrogens is 394 g/mol. The Morgan fingerprint density at radius 2 is 1.77 bits per heavy atom. The van der Waals surface area contributed by atoms with Crippen molar-refractivity contribution in [2.24, 2.45) is 11.1 Å². The van der Waals surface area contributed by atoms with E-state index in [4.69, 9.17) is 9.53 Å². The van der Waals surface area contributed by atoms with Crippen LogP contribution in [0.1, 0.15) is 52.4 Å².